The summed E-state index contributed by atoms with van der Waals surface area (Å²) >= 11 is 0. The van der Waals surface area contributed by atoms with Crippen molar-refractivity contribution in [1.82, 2.24) is 0 Å². The molecule has 1 aliphatic rings. The number of rotatable bonds is 11. The predicted octanol–water partition coefficient (Wildman–Crippen LogP) is 2.63. The molecule has 44 heavy (non-hydrogen) atoms. The van der Waals surface area contributed by atoms with Crippen molar-refractivity contribution in [3.05, 3.63) is 89.5 Å². The number of carbonyl (C=O) groups excluding carboxylic acids is 3. The largest absolute Gasteiger partial charge is 0.504 e. The van der Waals surface area contributed by atoms with E-state index in [-0.39, 0.29) is 17.1 Å². The van der Waals surface area contributed by atoms with Gasteiger partial charge >= 0.3 is 11.9 Å². The molecule has 4 rings (SSSR count). The topological polar surface area (TPSA) is 189 Å². The molecule has 0 bridgehead atoms. The van der Waals surface area contributed by atoms with Gasteiger partial charge in [-0.3, -0.25) is 0 Å². The maximum absolute atomic E-state index is 12.9. The molecule has 0 unspecified atom stereocenters. The smallest absolute Gasteiger partial charge is 0.339 e. The first kappa shape index (κ1) is 32.0. The van der Waals surface area contributed by atoms with E-state index in [0.29, 0.717) is 12.8 Å². The number of phenols is 3. The van der Waals surface area contributed by atoms with Crippen molar-refractivity contribution in [1.29, 1.82) is 0 Å². The van der Waals surface area contributed by atoms with Gasteiger partial charge in [0.25, 0.3) is 0 Å². The second kappa shape index (κ2) is 14.5. The number of hydrogen-bond donors (Lipinski definition) is 5. The minimum absolute atomic E-state index is 0.0377. The molecule has 0 radical (unpaired) electrons. The van der Waals surface area contributed by atoms with Crippen LogP contribution in [0.1, 0.15) is 34.8 Å². The zero-order valence-electron chi connectivity index (χ0n) is 23.6. The fourth-order valence-corrected chi connectivity index (χ4v) is 4.31. The van der Waals surface area contributed by atoms with Crippen LogP contribution in [-0.2, 0) is 30.2 Å². The van der Waals surface area contributed by atoms with Crippen molar-refractivity contribution in [3.63, 3.8) is 0 Å². The quantitative estimate of drug-likeness (QED) is 0.122. The first-order chi connectivity index (χ1) is 21.0. The molecule has 0 aromatic heterocycles. The Morgan fingerprint density at radius 3 is 2.20 bits per heavy atom. The summed E-state index contributed by atoms with van der Waals surface area (Å²) in [5.41, 5.74) is 1.24. The third kappa shape index (κ3) is 8.34. The highest BCUT2D eigenvalue weighted by molar-refractivity contribution is 5.91. The number of aryl methyl sites for hydroxylation is 1. The predicted molar refractivity (Wildman–Crippen MR) is 154 cm³/mol. The Labute approximate surface area is 252 Å². The molecule has 1 aliphatic heterocycles. The SMILES string of the molecule is CC(=O)CCc1ccc(O[C@H]2O[C@@H](COC(=O)/C=C/c3ccccc3)[C@H](O)[C@@H](O)[C@@H]2OC(=O)c2cc(O)c(O)c(O)c2)cc1. The fourth-order valence-electron chi connectivity index (χ4n) is 4.31. The first-order valence-electron chi connectivity index (χ1n) is 13.6. The van der Waals surface area contributed by atoms with Gasteiger partial charge in [0.1, 0.15) is 36.5 Å². The number of hydrogen-bond acceptors (Lipinski definition) is 12. The minimum Gasteiger partial charge on any atom is -0.504 e. The number of carbonyl (C=O) groups is 3. The molecule has 0 aliphatic carbocycles. The number of aromatic hydroxyl groups is 3. The summed E-state index contributed by atoms with van der Waals surface area (Å²) in [6, 6.07) is 17.3. The zero-order chi connectivity index (χ0) is 31.8. The van der Waals surface area contributed by atoms with Gasteiger partial charge in [-0.15, -0.1) is 0 Å². The molecule has 0 spiro atoms. The lowest BCUT2D eigenvalue weighted by atomic mass is 9.99. The summed E-state index contributed by atoms with van der Waals surface area (Å²) in [5, 5.41) is 50.9. The van der Waals surface area contributed by atoms with Crippen molar-refractivity contribution < 1.29 is 58.9 Å². The van der Waals surface area contributed by atoms with E-state index in [1.807, 2.05) is 6.07 Å². The highest BCUT2D eigenvalue weighted by Gasteiger charge is 2.48. The van der Waals surface area contributed by atoms with Crippen LogP contribution in [0.3, 0.4) is 0 Å². The van der Waals surface area contributed by atoms with E-state index >= 15 is 0 Å². The molecule has 1 heterocycles. The van der Waals surface area contributed by atoms with E-state index in [0.717, 1.165) is 23.3 Å². The summed E-state index contributed by atoms with van der Waals surface area (Å²) in [7, 11) is 0. The maximum Gasteiger partial charge on any atom is 0.339 e. The van der Waals surface area contributed by atoms with Gasteiger partial charge in [-0.2, -0.15) is 0 Å². The second-order valence-electron chi connectivity index (χ2n) is 10.1. The molecular weight excluding hydrogens is 576 g/mol. The van der Waals surface area contributed by atoms with Gasteiger partial charge in [0.05, 0.1) is 5.56 Å². The number of ketones is 1. The van der Waals surface area contributed by atoms with E-state index in [2.05, 4.69) is 0 Å². The zero-order valence-corrected chi connectivity index (χ0v) is 23.6. The van der Waals surface area contributed by atoms with Crippen molar-refractivity contribution in [2.45, 2.75) is 50.5 Å². The van der Waals surface area contributed by atoms with Gasteiger partial charge in [-0.25, -0.2) is 9.59 Å². The molecule has 232 valence electrons. The summed E-state index contributed by atoms with van der Waals surface area (Å²) in [4.78, 5) is 36.5. The van der Waals surface area contributed by atoms with E-state index < -0.39 is 66.5 Å². The average Bonchev–Trinajstić information content (AvgIpc) is 3.01. The molecule has 3 aromatic rings. The van der Waals surface area contributed by atoms with Gasteiger partial charge in [-0.05, 0) is 54.8 Å². The number of Topliss-reactive ketones (excluding diaryl/α,β-unsaturated/α-hetero) is 1. The highest BCUT2D eigenvalue weighted by atomic mass is 16.7. The monoisotopic (exact) mass is 608 g/mol. The van der Waals surface area contributed by atoms with Crippen molar-refractivity contribution in [3.8, 4) is 23.0 Å². The lowest BCUT2D eigenvalue weighted by Crippen LogP contribution is -2.61. The lowest BCUT2D eigenvalue weighted by molar-refractivity contribution is -0.277. The van der Waals surface area contributed by atoms with Crippen LogP contribution in [0.25, 0.3) is 6.08 Å². The van der Waals surface area contributed by atoms with E-state index in [4.69, 9.17) is 18.9 Å². The molecule has 5 atom stereocenters. The van der Waals surface area contributed by atoms with Crippen LogP contribution in [0.15, 0.2) is 72.8 Å². The standard InChI is InChI=1S/C32H32O12/c1-18(33)7-8-20-9-12-22(13-10-20)42-32-30(44-31(40)21-15-23(34)27(37)24(35)16-21)29(39)28(38)25(43-32)17-41-26(36)14-11-19-5-3-2-4-6-19/h2-6,9-16,25,28-30,32,34-35,37-39H,7-8,17H2,1H3/b14-11+/t25-,28-,29+,30-,32-/m0/s1. The Bertz CT molecular complexity index is 1460. The molecule has 12 nitrogen and oxygen atoms in total. The highest BCUT2D eigenvalue weighted by Crippen LogP contribution is 2.36. The van der Waals surface area contributed by atoms with Crippen LogP contribution in [0.4, 0.5) is 0 Å². The number of aliphatic hydroxyl groups excluding tert-OH is 2. The van der Waals surface area contributed by atoms with Crippen LogP contribution in [-0.4, -0.2) is 80.6 Å². The van der Waals surface area contributed by atoms with Crippen LogP contribution in [0.5, 0.6) is 23.0 Å². The maximum atomic E-state index is 12.9. The first-order valence-corrected chi connectivity index (χ1v) is 13.6. The number of esters is 2. The molecule has 0 amide bonds. The third-order valence-corrected chi connectivity index (χ3v) is 6.74. The van der Waals surface area contributed by atoms with E-state index in [9.17, 15) is 39.9 Å². The number of aliphatic hydroxyl groups is 2. The lowest BCUT2D eigenvalue weighted by Gasteiger charge is -2.41. The number of ether oxygens (including phenoxy) is 4. The van der Waals surface area contributed by atoms with Crippen molar-refractivity contribution >= 4 is 23.8 Å². The van der Waals surface area contributed by atoms with Crippen molar-refractivity contribution in [2.75, 3.05) is 6.61 Å². The third-order valence-electron chi connectivity index (χ3n) is 6.74. The number of phenolic OH excluding ortho intramolecular Hbond substituents is 3. The normalized spacial score (nSPS) is 21.5. The van der Waals surface area contributed by atoms with E-state index in [1.165, 1.54) is 19.1 Å². The van der Waals surface area contributed by atoms with Crippen LogP contribution in [0, 0.1) is 0 Å². The Morgan fingerprint density at radius 2 is 1.57 bits per heavy atom. The summed E-state index contributed by atoms with van der Waals surface area (Å²) in [6.45, 7) is 1.01. The Kier molecular flexibility index (Phi) is 10.6. The van der Waals surface area contributed by atoms with Crippen LogP contribution in [0.2, 0.25) is 0 Å². The Morgan fingerprint density at radius 1 is 0.909 bits per heavy atom. The van der Waals surface area contributed by atoms with Crippen molar-refractivity contribution in [2.24, 2.45) is 0 Å². The molecule has 1 saturated heterocycles. The van der Waals surface area contributed by atoms with Gasteiger partial charge in [0.15, 0.2) is 23.4 Å². The molecule has 3 aromatic carbocycles. The molecule has 0 saturated carbocycles. The van der Waals surface area contributed by atoms with Gasteiger partial charge in [-0.1, -0.05) is 42.5 Å². The van der Waals surface area contributed by atoms with Crippen LogP contribution >= 0.6 is 0 Å². The molecule has 1 fully saturated rings. The Balaban J connectivity index is 1.50. The minimum atomic E-state index is -1.80. The molecular formula is C32H32O12. The van der Waals surface area contributed by atoms with Gasteiger partial charge in [0, 0.05) is 12.5 Å². The van der Waals surface area contributed by atoms with Gasteiger partial charge < -0.3 is 49.3 Å². The number of benzene rings is 3. The fraction of sp³-hybridized carbons (Fsp3) is 0.281. The molecule has 12 heteroatoms. The Hall–Kier alpha value is -4.91. The second-order valence-corrected chi connectivity index (χ2v) is 10.1. The molecule has 5 N–H and O–H groups in total. The summed E-state index contributed by atoms with van der Waals surface area (Å²) in [5.74, 6) is -4.06. The van der Waals surface area contributed by atoms with Crippen LogP contribution < -0.4 is 4.74 Å². The summed E-state index contributed by atoms with van der Waals surface area (Å²) < 4.78 is 22.3. The average molecular weight is 609 g/mol. The summed E-state index contributed by atoms with van der Waals surface area (Å²) in [6.07, 6.45) is -4.36. The van der Waals surface area contributed by atoms with E-state index in [1.54, 1.807) is 48.5 Å². The van der Waals surface area contributed by atoms with Gasteiger partial charge in [0.2, 0.25) is 6.29 Å².